The van der Waals surface area contributed by atoms with Crippen LogP contribution < -0.4 is 9.64 Å². The van der Waals surface area contributed by atoms with Crippen LogP contribution in [0.25, 0.3) is 0 Å². The lowest BCUT2D eigenvalue weighted by atomic mass is 9.96. The third-order valence-corrected chi connectivity index (χ3v) is 5.70. The molecule has 1 fully saturated rings. The molecule has 6 heteroatoms. The molecule has 3 rings (SSSR count). The number of likely N-dealkylation sites (tertiary alicyclic amines) is 1. The number of nitrogens with zero attached hydrogens (tertiary/aromatic N) is 3. The minimum absolute atomic E-state index is 0.0513. The topological polar surface area (TPSA) is 53.1 Å². The zero-order valence-electron chi connectivity index (χ0n) is 18.8. The van der Waals surface area contributed by atoms with E-state index in [-0.39, 0.29) is 17.7 Å². The number of carbonyl (C=O) groups is 2. The minimum Gasteiger partial charge on any atom is -0.493 e. The fourth-order valence-corrected chi connectivity index (χ4v) is 3.90. The Morgan fingerprint density at radius 2 is 1.74 bits per heavy atom. The SMILES string of the molecule is CN(Cc1ccc(N(C)C)cc1)C(=O)C1CCCN(C(=O)CCOc2ccccc2)C1. The lowest BCUT2D eigenvalue weighted by Crippen LogP contribution is -2.46. The number of ether oxygens (including phenoxy) is 1. The van der Waals surface area contributed by atoms with Gasteiger partial charge in [0.15, 0.2) is 0 Å². The Balaban J connectivity index is 1.48. The summed E-state index contributed by atoms with van der Waals surface area (Å²) < 4.78 is 5.64. The van der Waals surface area contributed by atoms with E-state index < -0.39 is 0 Å². The van der Waals surface area contributed by atoms with Crippen molar-refractivity contribution in [1.82, 2.24) is 9.80 Å². The molecule has 1 heterocycles. The highest BCUT2D eigenvalue weighted by Crippen LogP contribution is 2.21. The van der Waals surface area contributed by atoms with Crippen LogP contribution in [0.5, 0.6) is 5.75 Å². The summed E-state index contributed by atoms with van der Waals surface area (Å²) in [6.45, 7) is 2.12. The van der Waals surface area contributed by atoms with E-state index in [1.54, 1.807) is 4.90 Å². The van der Waals surface area contributed by atoms with Gasteiger partial charge in [0.25, 0.3) is 0 Å². The van der Waals surface area contributed by atoms with Gasteiger partial charge in [0.1, 0.15) is 5.75 Å². The number of anilines is 1. The van der Waals surface area contributed by atoms with E-state index in [2.05, 4.69) is 29.2 Å². The molecule has 2 aromatic carbocycles. The van der Waals surface area contributed by atoms with Gasteiger partial charge in [0.2, 0.25) is 11.8 Å². The lowest BCUT2D eigenvalue weighted by molar-refractivity contribution is -0.140. The van der Waals surface area contributed by atoms with E-state index in [1.165, 1.54) is 0 Å². The van der Waals surface area contributed by atoms with Gasteiger partial charge in [0.05, 0.1) is 18.9 Å². The average molecular weight is 424 g/mol. The van der Waals surface area contributed by atoms with Gasteiger partial charge in [0, 0.05) is 46.5 Å². The summed E-state index contributed by atoms with van der Waals surface area (Å²) in [6, 6.07) is 17.7. The fraction of sp³-hybridized carbons (Fsp3) is 0.440. The molecule has 2 aromatic rings. The average Bonchev–Trinajstić information content (AvgIpc) is 2.79. The highest BCUT2D eigenvalue weighted by atomic mass is 16.5. The Labute approximate surface area is 185 Å². The van der Waals surface area contributed by atoms with Crippen LogP contribution in [0.15, 0.2) is 54.6 Å². The highest BCUT2D eigenvalue weighted by molar-refractivity contribution is 5.81. The van der Waals surface area contributed by atoms with Crippen LogP contribution >= 0.6 is 0 Å². The second-order valence-corrected chi connectivity index (χ2v) is 8.35. The monoisotopic (exact) mass is 423 g/mol. The molecule has 0 saturated carbocycles. The molecule has 0 aliphatic carbocycles. The molecule has 1 aliphatic rings. The minimum atomic E-state index is -0.140. The maximum atomic E-state index is 13.0. The van der Waals surface area contributed by atoms with Crippen LogP contribution in [0.4, 0.5) is 5.69 Å². The van der Waals surface area contributed by atoms with Gasteiger partial charge in [-0.3, -0.25) is 9.59 Å². The quantitative estimate of drug-likeness (QED) is 0.653. The van der Waals surface area contributed by atoms with Gasteiger partial charge >= 0.3 is 0 Å². The summed E-state index contributed by atoms with van der Waals surface area (Å²) in [7, 11) is 5.86. The molecule has 0 spiro atoms. The molecule has 1 atom stereocenters. The lowest BCUT2D eigenvalue weighted by Gasteiger charge is -2.34. The summed E-state index contributed by atoms with van der Waals surface area (Å²) in [4.78, 5) is 31.3. The molecule has 1 saturated heterocycles. The number of rotatable bonds is 8. The Morgan fingerprint density at radius 3 is 2.42 bits per heavy atom. The van der Waals surface area contributed by atoms with Gasteiger partial charge in [-0.2, -0.15) is 0 Å². The molecule has 0 bridgehead atoms. The number of carbonyl (C=O) groups excluding carboxylic acids is 2. The van der Waals surface area contributed by atoms with Crippen molar-refractivity contribution in [2.45, 2.75) is 25.8 Å². The molecular weight excluding hydrogens is 390 g/mol. The van der Waals surface area contributed by atoms with Crippen molar-refractivity contribution in [3.63, 3.8) is 0 Å². The second kappa shape index (κ2) is 10.8. The van der Waals surface area contributed by atoms with Gasteiger partial charge < -0.3 is 19.4 Å². The van der Waals surface area contributed by atoms with E-state index in [0.29, 0.717) is 32.7 Å². The van der Waals surface area contributed by atoms with E-state index in [4.69, 9.17) is 4.74 Å². The predicted octanol–water partition coefficient (Wildman–Crippen LogP) is 3.42. The number of benzene rings is 2. The van der Waals surface area contributed by atoms with Gasteiger partial charge in [-0.05, 0) is 42.7 Å². The Morgan fingerprint density at radius 1 is 1.03 bits per heavy atom. The van der Waals surface area contributed by atoms with Crippen LogP contribution in [-0.2, 0) is 16.1 Å². The van der Waals surface area contributed by atoms with Crippen molar-refractivity contribution in [3.05, 3.63) is 60.2 Å². The number of hydrogen-bond donors (Lipinski definition) is 0. The van der Waals surface area contributed by atoms with Gasteiger partial charge in [-0.25, -0.2) is 0 Å². The Kier molecular flexibility index (Phi) is 7.93. The van der Waals surface area contributed by atoms with Gasteiger partial charge in [-0.1, -0.05) is 30.3 Å². The predicted molar refractivity (Wildman–Crippen MR) is 123 cm³/mol. The van der Waals surface area contributed by atoms with Crippen molar-refractivity contribution in [1.29, 1.82) is 0 Å². The van der Waals surface area contributed by atoms with E-state index in [9.17, 15) is 9.59 Å². The molecule has 1 aliphatic heterocycles. The van der Waals surface area contributed by atoms with Crippen LogP contribution in [-0.4, -0.2) is 62.5 Å². The summed E-state index contributed by atoms with van der Waals surface area (Å²) in [6.07, 6.45) is 2.00. The van der Waals surface area contributed by atoms with E-state index >= 15 is 0 Å². The molecule has 0 aromatic heterocycles. The third-order valence-electron chi connectivity index (χ3n) is 5.70. The first kappa shape index (κ1) is 22.7. The van der Waals surface area contributed by atoms with Crippen molar-refractivity contribution >= 4 is 17.5 Å². The molecule has 31 heavy (non-hydrogen) atoms. The summed E-state index contributed by atoms with van der Waals surface area (Å²) in [5, 5.41) is 0. The molecule has 1 unspecified atom stereocenters. The largest absolute Gasteiger partial charge is 0.493 e. The van der Waals surface area contributed by atoms with Crippen LogP contribution in [0.2, 0.25) is 0 Å². The van der Waals surface area contributed by atoms with E-state index in [1.807, 2.05) is 56.4 Å². The molecular formula is C25H33N3O3. The second-order valence-electron chi connectivity index (χ2n) is 8.35. The Bertz CT molecular complexity index is 852. The van der Waals surface area contributed by atoms with Crippen LogP contribution in [0, 0.1) is 5.92 Å². The van der Waals surface area contributed by atoms with Crippen LogP contribution in [0.1, 0.15) is 24.8 Å². The smallest absolute Gasteiger partial charge is 0.227 e. The molecule has 6 nitrogen and oxygen atoms in total. The zero-order valence-corrected chi connectivity index (χ0v) is 18.8. The van der Waals surface area contributed by atoms with Crippen LogP contribution in [0.3, 0.4) is 0 Å². The van der Waals surface area contributed by atoms with Crippen molar-refractivity contribution in [3.8, 4) is 5.75 Å². The number of amides is 2. The zero-order chi connectivity index (χ0) is 22.2. The maximum absolute atomic E-state index is 13.0. The first-order chi connectivity index (χ1) is 14.9. The Hall–Kier alpha value is -3.02. The van der Waals surface area contributed by atoms with Crippen molar-refractivity contribution in [2.24, 2.45) is 5.92 Å². The number of para-hydroxylation sites is 1. The van der Waals surface area contributed by atoms with Crippen molar-refractivity contribution in [2.75, 3.05) is 45.7 Å². The number of piperidine rings is 1. The highest BCUT2D eigenvalue weighted by Gasteiger charge is 2.30. The molecule has 166 valence electrons. The van der Waals surface area contributed by atoms with Gasteiger partial charge in [-0.15, -0.1) is 0 Å². The van der Waals surface area contributed by atoms with Crippen molar-refractivity contribution < 1.29 is 14.3 Å². The van der Waals surface area contributed by atoms with E-state index in [0.717, 1.165) is 29.8 Å². The standard InChI is InChI=1S/C25H33N3O3/c1-26(2)22-13-11-20(12-14-22)18-27(3)25(30)21-8-7-16-28(19-21)24(29)15-17-31-23-9-5-4-6-10-23/h4-6,9-14,21H,7-8,15-19H2,1-3H3. The molecule has 2 amide bonds. The molecule has 0 N–H and O–H groups in total. The number of hydrogen-bond acceptors (Lipinski definition) is 4. The fourth-order valence-electron chi connectivity index (χ4n) is 3.90. The summed E-state index contributed by atoms with van der Waals surface area (Å²) in [5.74, 6) is 0.783. The summed E-state index contributed by atoms with van der Waals surface area (Å²) >= 11 is 0. The summed E-state index contributed by atoms with van der Waals surface area (Å²) in [5.41, 5.74) is 2.23. The maximum Gasteiger partial charge on any atom is 0.227 e. The molecule has 0 radical (unpaired) electrons. The normalized spacial score (nSPS) is 16.0. The third kappa shape index (κ3) is 6.48. The first-order valence-corrected chi connectivity index (χ1v) is 10.9. The first-order valence-electron chi connectivity index (χ1n) is 10.9.